The van der Waals surface area contributed by atoms with Crippen LogP contribution in [0.4, 0.5) is 16.4 Å². The Balaban J connectivity index is 0.00000306. The number of benzene rings is 2. The molecule has 9 nitrogen and oxygen atoms in total. The Labute approximate surface area is 202 Å². The molecule has 0 radical (unpaired) electrons. The molecule has 2 aromatic carbocycles. The number of fused-ring (bicyclic) bond motifs is 1. The second-order valence-electron chi connectivity index (χ2n) is 7.83. The molecular weight excluding hydrogens is 464 g/mol. The monoisotopic (exact) mass is 490 g/mol. The Kier molecular flexibility index (Phi) is 8.43. The van der Waals surface area contributed by atoms with E-state index in [1.54, 1.807) is 11.5 Å². The fourth-order valence-electron chi connectivity index (χ4n) is 3.89. The highest BCUT2D eigenvalue weighted by Crippen LogP contribution is 2.31. The van der Waals surface area contributed by atoms with Crippen LogP contribution in [-0.2, 0) is 0 Å². The van der Waals surface area contributed by atoms with Crippen LogP contribution in [0.2, 0.25) is 0 Å². The van der Waals surface area contributed by atoms with Gasteiger partial charge >= 0.3 is 0 Å². The lowest BCUT2D eigenvalue weighted by atomic mass is 10.1. The Bertz CT molecular complexity index is 1120. The average molecular weight is 491 g/mol. The lowest BCUT2D eigenvalue weighted by Crippen LogP contribution is -2.46. The first-order chi connectivity index (χ1) is 15.5. The van der Waals surface area contributed by atoms with Gasteiger partial charge < -0.3 is 16.0 Å². The fourth-order valence-corrected chi connectivity index (χ4v) is 4.80. The van der Waals surface area contributed by atoms with E-state index in [0.29, 0.717) is 6.54 Å². The second-order valence-corrected chi connectivity index (χ2v) is 8.58. The van der Waals surface area contributed by atoms with E-state index in [4.69, 9.17) is 5.73 Å². The third-order valence-corrected chi connectivity index (χ3v) is 6.64. The van der Waals surface area contributed by atoms with Crippen LogP contribution in [0.1, 0.15) is 23.2 Å². The normalized spacial score (nSPS) is 14.1. The van der Waals surface area contributed by atoms with Crippen molar-refractivity contribution >= 4 is 57.1 Å². The van der Waals surface area contributed by atoms with Crippen LogP contribution >= 0.6 is 23.9 Å². The van der Waals surface area contributed by atoms with Crippen LogP contribution in [-0.4, -0.2) is 59.4 Å². The highest BCUT2D eigenvalue weighted by molar-refractivity contribution is 7.11. The summed E-state index contributed by atoms with van der Waals surface area (Å²) in [6.45, 7) is 5.45. The van der Waals surface area contributed by atoms with Gasteiger partial charge in [0.25, 0.3) is 11.6 Å². The highest BCUT2D eigenvalue weighted by atomic mass is 35.5. The van der Waals surface area contributed by atoms with Crippen molar-refractivity contribution in [3.63, 3.8) is 0 Å². The third kappa shape index (κ3) is 5.89. The first-order valence-electron chi connectivity index (χ1n) is 10.7. The predicted octanol–water partition coefficient (Wildman–Crippen LogP) is 3.54. The van der Waals surface area contributed by atoms with Gasteiger partial charge in [0.2, 0.25) is 0 Å². The number of unbranched alkanes of at least 4 members (excludes halogenated alkanes) is 1. The van der Waals surface area contributed by atoms with Gasteiger partial charge in [-0.2, -0.15) is 4.37 Å². The summed E-state index contributed by atoms with van der Waals surface area (Å²) in [7, 11) is 0. The summed E-state index contributed by atoms with van der Waals surface area (Å²) < 4.78 is 4.55. The molecule has 1 amide bonds. The van der Waals surface area contributed by atoms with E-state index in [0.717, 1.165) is 51.1 Å². The van der Waals surface area contributed by atoms with Gasteiger partial charge in [-0.3, -0.25) is 19.8 Å². The largest absolute Gasteiger partial charge is 0.398 e. The van der Waals surface area contributed by atoms with Crippen LogP contribution in [0.5, 0.6) is 0 Å². The van der Waals surface area contributed by atoms with E-state index in [-0.39, 0.29) is 35.3 Å². The van der Waals surface area contributed by atoms with Crippen molar-refractivity contribution in [2.75, 3.05) is 49.9 Å². The van der Waals surface area contributed by atoms with Gasteiger partial charge in [-0.1, -0.05) is 12.1 Å². The number of hydrogen-bond donors (Lipinski definition) is 2. The fraction of sp³-hybridized carbons (Fsp3) is 0.364. The Hall–Kier alpha value is -2.95. The predicted molar refractivity (Wildman–Crippen MR) is 135 cm³/mol. The minimum Gasteiger partial charge on any atom is -0.398 e. The van der Waals surface area contributed by atoms with Crippen LogP contribution in [0.15, 0.2) is 42.5 Å². The molecule has 0 saturated carbocycles. The molecule has 1 aromatic heterocycles. The SMILES string of the molecule is Cl.Nc1ccc([N+](=O)[O-])cc1C(=O)NCCCCN1CCN(c2snc3ccccc23)CC1. The number of nitrogens with one attached hydrogen (secondary N) is 1. The van der Waals surface area contributed by atoms with Crippen LogP contribution in [0.25, 0.3) is 10.9 Å². The molecule has 176 valence electrons. The average Bonchev–Trinajstić information content (AvgIpc) is 3.23. The number of nitrogens with two attached hydrogens (primary N) is 1. The van der Waals surface area contributed by atoms with Gasteiger partial charge in [-0.15, -0.1) is 12.4 Å². The number of non-ortho nitro benzene ring substituents is 1. The number of halogens is 1. The summed E-state index contributed by atoms with van der Waals surface area (Å²) in [6, 6.07) is 12.2. The summed E-state index contributed by atoms with van der Waals surface area (Å²) >= 11 is 1.57. The highest BCUT2D eigenvalue weighted by Gasteiger charge is 2.20. The standard InChI is InChI=1S/C22H26N6O3S.ClH/c23-19-8-7-16(28(30)31)15-18(19)21(29)24-9-3-4-10-26-11-13-27(14-12-26)22-17-5-1-2-6-20(17)25-32-22;/h1-2,5-8,15H,3-4,9-14,23H2,(H,24,29);1H. The summed E-state index contributed by atoms with van der Waals surface area (Å²) in [5.41, 5.74) is 7.09. The smallest absolute Gasteiger partial charge is 0.270 e. The van der Waals surface area contributed by atoms with E-state index >= 15 is 0 Å². The second kappa shape index (κ2) is 11.3. The number of amides is 1. The number of anilines is 2. The molecule has 3 N–H and O–H groups in total. The van der Waals surface area contributed by atoms with Crippen molar-refractivity contribution in [1.29, 1.82) is 0 Å². The van der Waals surface area contributed by atoms with E-state index in [9.17, 15) is 14.9 Å². The minimum absolute atomic E-state index is 0. The van der Waals surface area contributed by atoms with Gasteiger partial charge in [-0.05, 0) is 49.1 Å². The molecule has 0 atom stereocenters. The third-order valence-electron chi connectivity index (χ3n) is 5.70. The molecular formula is C22H27ClN6O3S. The van der Waals surface area contributed by atoms with Crippen LogP contribution in [0.3, 0.4) is 0 Å². The summed E-state index contributed by atoms with van der Waals surface area (Å²) in [5, 5.41) is 16.2. The summed E-state index contributed by atoms with van der Waals surface area (Å²) in [5.74, 6) is -0.378. The van der Waals surface area contributed by atoms with Crippen LogP contribution < -0.4 is 16.0 Å². The van der Waals surface area contributed by atoms with Crippen molar-refractivity contribution in [2.24, 2.45) is 0 Å². The number of aromatic nitrogens is 1. The summed E-state index contributed by atoms with van der Waals surface area (Å²) in [6.07, 6.45) is 1.80. The lowest BCUT2D eigenvalue weighted by Gasteiger charge is -2.35. The minimum atomic E-state index is -0.534. The molecule has 3 aromatic rings. The molecule has 1 saturated heterocycles. The molecule has 1 fully saturated rings. The molecule has 11 heteroatoms. The quantitative estimate of drug-likeness (QED) is 0.214. The zero-order valence-corrected chi connectivity index (χ0v) is 19.7. The first-order valence-corrected chi connectivity index (χ1v) is 11.4. The van der Waals surface area contributed by atoms with Gasteiger partial charge in [-0.25, -0.2) is 0 Å². The van der Waals surface area contributed by atoms with Gasteiger partial charge in [0.05, 0.1) is 16.0 Å². The lowest BCUT2D eigenvalue weighted by molar-refractivity contribution is -0.384. The van der Waals surface area contributed by atoms with E-state index < -0.39 is 4.92 Å². The van der Waals surface area contributed by atoms with Gasteiger partial charge in [0.15, 0.2) is 0 Å². The van der Waals surface area contributed by atoms with Gasteiger partial charge in [0.1, 0.15) is 5.00 Å². The molecule has 0 spiro atoms. The van der Waals surface area contributed by atoms with E-state index in [2.05, 4.69) is 37.7 Å². The maximum Gasteiger partial charge on any atom is 0.270 e. The molecule has 33 heavy (non-hydrogen) atoms. The number of nitrogen functional groups attached to an aromatic ring is 1. The molecule has 0 aliphatic carbocycles. The Morgan fingerprint density at radius 1 is 1.15 bits per heavy atom. The van der Waals surface area contributed by atoms with Crippen molar-refractivity contribution in [1.82, 2.24) is 14.6 Å². The topological polar surface area (TPSA) is 118 Å². The number of carbonyl (C=O) groups is 1. The molecule has 4 rings (SSSR count). The van der Waals surface area contributed by atoms with E-state index in [1.165, 1.54) is 28.6 Å². The summed E-state index contributed by atoms with van der Waals surface area (Å²) in [4.78, 5) is 27.5. The first kappa shape index (κ1) is 24.7. The zero-order valence-electron chi connectivity index (χ0n) is 18.1. The Morgan fingerprint density at radius 3 is 2.67 bits per heavy atom. The van der Waals surface area contributed by atoms with Crippen LogP contribution in [0, 0.1) is 10.1 Å². The number of nitrogens with zero attached hydrogens (tertiary/aromatic N) is 4. The van der Waals surface area contributed by atoms with Crippen molar-refractivity contribution in [3.05, 3.63) is 58.1 Å². The molecule has 0 unspecified atom stereocenters. The number of carbonyl (C=O) groups excluding carboxylic acids is 1. The van der Waals surface area contributed by atoms with Crippen molar-refractivity contribution in [2.45, 2.75) is 12.8 Å². The van der Waals surface area contributed by atoms with Crippen molar-refractivity contribution < 1.29 is 9.72 Å². The molecule has 2 heterocycles. The van der Waals surface area contributed by atoms with Gasteiger partial charge in [0, 0.05) is 55.9 Å². The molecule has 1 aliphatic rings. The number of nitro groups is 1. The molecule has 0 bridgehead atoms. The number of hydrogen-bond acceptors (Lipinski definition) is 8. The number of rotatable bonds is 8. The number of piperazine rings is 1. The number of nitro benzene ring substituents is 1. The Morgan fingerprint density at radius 2 is 1.91 bits per heavy atom. The zero-order chi connectivity index (χ0) is 22.5. The maximum absolute atomic E-state index is 12.3. The molecule has 1 aliphatic heterocycles. The van der Waals surface area contributed by atoms with Crippen molar-refractivity contribution in [3.8, 4) is 0 Å². The van der Waals surface area contributed by atoms with E-state index in [1.807, 2.05) is 6.07 Å². The maximum atomic E-state index is 12.3.